The van der Waals surface area contributed by atoms with Crippen LogP contribution in [0, 0.1) is 10.1 Å². The first-order chi connectivity index (χ1) is 19.4. The number of esters is 2. The van der Waals surface area contributed by atoms with Crippen molar-refractivity contribution < 1.29 is 33.5 Å². The quantitative estimate of drug-likeness (QED) is 0.0825. The minimum atomic E-state index is -0.923. The maximum atomic E-state index is 13.1. The van der Waals surface area contributed by atoms with Gasteiger partial charge in [-0.05, 0) is 23.3 Å². The van der Waals surface area contributed by atoms with Crippen LogP contribution < -0.4 is 15.2 Å². The van der Waals surface area contributed by atoms with Gasteiger partial charge in [-0.3, -0.25) is 10.1 Å². The lowest BCUT2D eigenvalue weighted by atomic mass is 10.1. The molecule has 0 aromatic heterocycles. The molecule has 0 radical (unpaired) electrons. The van der Waals surface area contributed by atoms with Gasteiger partial charge in [0, 0.05) is 12.1 Å². The van der Waals surface area contributed by atoms with Gasteiger partial charge in [0.2, 0.25) is 0 Å². The number of ether oxygens (including phenoxy) is 4. The van der Waals surface area contributed by atoms with Crippen molar-refractivity contribution in [3.8, 4) is 11.5 Å². The molecule has 4 aromatic rings. The molecular formula is C30H26N2O8. The Morgan fingerprint density at radius 2 is 1.15 bits per heavy atom. The summed E-state index contributed by atoms with van der Waals surface area (Å²) >= 11 is 0. The van der Waals surface area contributed by atoms with Gasteiger partial charge in [0.25, 0.3) is 0 Å². The number of nitro benzene ring substituents is 1. The van der Waals surface area contributed by atoms with Crippen molar-refractivity contribution >= 4 is 23.3 Å². The Morgan fingerprint density at radius 3 is 1.68 bits per heavy atom. The maximum Gasteiger partial charge on any atom is 0.339 e. The van der Waals surface area contributed by atoms with E-state index in [-0.39, 0.29) is 43.3 Å². The van der Waals surface area contributed by atoms with E-state index in [1.807, 2.05) is 12.1 Å². The Kier molecular flexibility index (Phi) is 9.28. The second kappa shape index (κ2) is 13.4. The van der Waals surface area contributed by atoms with Gasteiger partial charge >= 0.3 is 17.6 Å². The lowest BCUT2D eigenvalue weighted by molar-refractivity contribution is -0.385. The standard InChI is InChI=1S/C30H26N2O8/c31-25-13-7-8-14-27(25)37-15-16-38-28-18-24(30(34)40-20-22-11-5-2-6-12-22)23(17-26(28)32(35)36)29(33)39-19-21-9-3-1-4-10-21/h1-14,17-18H,15-16,19-20,31H2. The second-order valence-corrected chi connectivity index (χ2v) is 8.48. The highest BCUT2D eigenvalue weighted by Crippen LogP contribution is 2.32. The number of hydrogen-bond donors (Lipinski definition) is 1. The molecule has 4 aromatic carbocycles. The Labute approximate surface area is 230 Å². The molecule has 10 nitrogen and oxygen atoms in total. The van der Waals surface area contributed by atoms with Crippen molar-refractivity contribution in [2.24, 2.45) is 0 Å². The van der Waals surface area contributed by atoms with Crippen LogP contribution in [0.5, 0.6) is 11.5 Å². The van der Waals surface area contributed by atoms with Crippen LogP contribution in [-0.4, -0.2) is 30.1 Å². The number of nitrogens with two attached hydrogens (primary N) is 1. The molecule has 2 N–H and O–H groups in total. The van der Waals surface area contributed by atoms with E-state index in [1.54, 1.807) is 72.8 Å². The van der Waals surface area contributed by atoms with Gasteiger partial charge in [-0.2, -0.15) is 0 Å². The number of rotatable bonds is 12. The van der Waals surface area contributed by atoms with E-state index in [2.05, 4.69) is 0 Å². The van der Waals surface area contributed by atoms with Crippen LogP contribution in [0.1, 0.15) is 31.8 Å². The van der Waals surface area contributed by atoms with Crippen LogP contribution in [0.4, 0.5) is 11.4 Å². The zero-order valence-corrected chi connectivity index (χ0v) is 21.4. The molecule has 0 aliphatic rings. The van der Waals surface area contributed by atoms with E-state index in [1.165, 1.54) is 0 Å². The van der Waals surface area contributed by atoms with E-state index in [0.717, 1.165) is 17.7 Å². The van der Waals surface area contributed by atoms with E-state index in [9.17, 15) is 19.7 Å². The van der Waals surface area contributed by atoms with Gasteiger partial charge in [-0.15, -0.1) is 0 Å². The normalized spacial score (nSPS) is 10.4. The third-order valence-corrected chi connectivity index (χ3v) is 5.68. The number of carbonyl (C=O) groups excluding carboxylic acids is 2. The number of anilines is 1. The molecule has 0 fully saturated rings. The van der Waals surface area contributed by atoms with Crippen LogP contribution in [-0.2, 0) is 22.7 Å². The van der Waals surface area contributed by atoms with Crippen molar-refractivity contribution in [3.63, 3.8) is 0 Å². The fraction of sp³-hybridized carbons (Fsp3) is 0.133. The molecule has 40 heavy (non-hydrogen) atoms. The number of nitro groups is 1. The first-order valence-corrected chi connectivity index (χ1v) is 12.3. The number of hydrogen-bond acceptors (Lipinski definition) is 9. The third kappa shape index (κ3) is 7.35. The molecule has 0 aliphatic heterocycles. The lowest BCUT2D eigenvalue weighted by Gasteiger charge is -2.14. The van der Waals surface area contributed by atoms with E-state index in [0.29, 0.717) is 17.0 Å². The molecule has 4 rings (SSSR count). The average molecular weight is 543 g/mol. The van der Waals surface area contributed by atoms with Gasteiger partial charge in [-0.1, -0.05) is 72.8 Å². The molecule has 10 heteroatoms. The zero-order chi connectivity index (χ0) is 28.3. The number of benzene rings is 4. The van der Waals surface area contributed by atoms with E-state index < -0.39 is 22.5 Å². The van der Waals surface area contributed by atoms with Crippen molar-refractivity contribution in [1.82, 2.24) is 0 Å². The SMILES string of the molecule is Nc1ccccc1OCCOc1cc(C(=O)OCc2ccccc2)c(C(=O)OCc2ccccc2)cc1[N+](=O)[O-]. The van der Waals surface area contributed by atoms with Gasteiger partial charge in [0.05, 0.1) is 21.7 Å². The second-order valence-electron chi connectivity index (χ2n) is 8.48. The van der Waals surface area contributed by atoms with Crippen molar-refractivity contribution in [3.05, 3.63) is 129 Å². The molecule has 0 spiro atoms. The topological polar surface area (TPSA) is 140 Å². The Balaban J connectivity index is 1.57. The van der Waals surface area contributed by atoms with Crippen LogP contribution in [0.3, 0.4) is 0 Å². The summed E-state index contributed by atoms with van der Waals surface area (Å²) in [6.07, 6.45) is 0. The van der Waals surface area contributed by atoms with E-state index in [4.69, 9.17) is 24.7 Å². The molecular weight excluding hydrogens is 516 g/mol. The van der Waals surface area contributed by atoms with Crippen LogP contribution in [0.25, 0.3) is 0 Å². The molecule has 0 heterocycles. The number of para-hydroxylation sites is 2. The Morgan fingerprint density at radius 1 is 0.675 bits per heavy atom. The van der Waals surface area contributed by atoms with E-state index >= 15 is 0 Å². The smallest absolute Gasteiger partial charge is 0.339 e. The molecule has 0 saturated carbocycles. The molecule has 0 bridgehead atoms. The Hall–Kier alpha value is -5.38. The van der Waals surface area contributed by atoms with Crippen molar-refractivity contribution in [2.75, 3.05) is 18.9 Å². The molecule has 0 saturated heterocycles. The first-order valence-electron chi connectivity index (χ1n) is 12.3. The fourth-order valence-electron chi connectivity index (χ4n) is 3.68. The summed E-state index contributed by atoms with van der Waals surface area (Å²) in [6, 6.07) is 26.8. The largest absolute Gasteiger partial charge is 0.488 e. The monoisotopic (exact) mass is 542 g/mol. The van der Waals surface area contributed by atoms with Crippen molar-refractivity contribution in [2.45, 2.75) is 13.2 Å². The predicted octanol–water partition coefficient (Wildman–Crippen LogP) is 5.35. The van der Waals surface area contributed by atoms with Gasteiger partial charge in [0.1, 0.15) is 32.2 Å². The lowest BCUT2D eigenvalue weighted by Crippen LogP contribution is -2.16. The zero-order valence-electron chi connectivity index (χ0n) is 21.4. The molecule has 0 amide bonds. The van der Waals surface area contributed by atoms with Gasteiger partial charge in [-0.25, -0.2) is 9.59 Å². The first kappa shape index (κ1) is 27.6. The number of nitrogens with zero attached hydrogens (tertiary/aromatic N) is 1. The van der Waals surface area contributed by atoms with Crippen molar-refractivity contribution in [1.29, 1.82) is 0 Å². The molecule has 0 unspecified atom stereocenters. The number of nitrogen functional groups attached to an aromatic ring is 1. The summed E-state index contributed by atoms with van der Waals surface area (Å²) in [7, 11) is 0. The van der Waals surface area contributed by atoms with Crippen LogP contribution in [0.15, 0.2) is 97.1 Å². The summed E-state index contributed by atoms with van der Waals surface area (Å²) in [5, 5.41) is 11.9. The maximum absolute atomic E-state index is 13.1. The highest BCUT2D eigenvalue weighted by Gasteiger charge is 2.28. The van der Waals surface area contributed by atoms with Gasteiger partial charge in [0.15, 0.2) is 5.75 Å². The summed E-state index contributed by atoms with van der Waals surface area (Å²) in [5.41, 5.74) is 6.64. The summed E-state index contributed by atoms with van der Waals surface area (Å²) < 4.78 is 22.0. The Bertz CT molecular complexity index is 1480. The molecule has 0 aliphatic carbocycles. The highest BCUT2D eigenvalue weighted by atomic mass is 16.6. The minimum Gasteiger partial charge on any atom is -0.488 e. The fourth-order valence-corrected chi connectivity index (χ4v) is 3.68. The summed E-state index contributed by atoms with van der Waals surface area (Å²) in [6.45, 7) is -0.257. The van der Waals surface area contributed by atoms with Crippen LogP contribution >= 0.6 is 0 Å². The minimum absolute atomic E-state index is 0.0139. The predicted molar refractivity (Wildman–Crippen MR) is 146 cm³/mol. The van der Waals surface area contributed by atoms with Crippen LogP contribution in [0.2, 0.25) is 0 Å². The van der Waals surface area contributed by atoms with Gasteiger partial charge < -0.3 is 24.7 Å². The summed E-state index contributed by atoms with van der Waals surface area (Å²) in [4.78, 5) is 37.3. The average Bonchev–Trinajstić information content (AvgIpc) is 2.98. The highest BCUT2D eigenvalue weighted by molar-refractivity contribution is 6.04. The number of carbonyl (C=O) groups is 2. The summed E-state index contributed by atoms with van der Waals surface area (Å²) in [5.74, 6) is -1.60. The molecule has 204 valence electrons. The third-order valence-electron chi connectivity index (χ3n) is 5.68. The molecule has 0 atom stereocenters.